The van der Waals surface area contributed by atoms with Gasteiger partial charge in [0.25, 0.3) is 0 Å². The van der Waals surface area contributed by atoms with E-state index in [2.05, 4.69) is 102 Å². The molecule has 0 radical (unpaired) electrons. The Kier molecular flexibility index (Phi) is 26.3. The lowest BCUT2D eigenvalue weighted by Gasteiger charge is -2.02. The van der Waals surface area contributed by atoms with E-state index >= 15 is 0 Å². The summed E-state index contributed by atoms with van der Waals surface area (Å²) < 4.78 is -0.183. The second-order valence-electron chi connectivity index (χ2n) is 9.04. The van der Waals surface area contributed by atoms with Gasteiger partial charge < -0.3 is 15.9 Å². The minimum atomic E-state index is -0.183. The highest BCUT2D eigenvalue weighted by molar-refractivity contribution is 9.93. The summed E-state index contributed by atoms with van der Waals surface area (Å²) >= 11 is 14.3. The molecule has 5 N–H and O–H groups in total. The molecule has 0 atom stereocenters. The van der Waals surface area contributed by atoms with Crippen molar-refractivity contribution in [1.82, 2.24) is 15.0 Å². The molecular weight excluding hydrogens is 973 g/mol. The summed E-state index contributed by atoms with van der Waals surface area (Å²) in [6, 6.07) is 30.0. The van der Waals surface area contributed by atoms with Gasteiger partial charge in [-0.1, -0.05) is 71.5 Å². The number of aliphatic hydroxyl groups is 2. The van der Waals surface area contributed by atoms with Gasteiger partial charge >= 0.3 is 0 Å². The summed E-state index contributed by atoms with van der Waals surface area (Å²) in [6.07, 6.45) is 5.36. The molecule has 0 spiro atoms. The predicted octanol–water partition coefficient (Wildman–Crippen LogP) is 11.8. The van der Waals surface area contributed by atoms with Crippen molar-refractivity contribution in [2.45, 2.75) is 32.0 Å². The molecule has 3 aromatic carbocycles. The minimum Gasteiger partial charge on any atom is -0.397 e. The summed E-state index contributed by atoms with van der Waals surface area (Å²) in [4.78, 5) is 12.7. The number of benzene rings is 3. The van der Waals surface area contributed by atoms with Crippen LogP contribution in [0.3, 0.4) is 0 Å². The summed E-state index contributed by atoms with van der Waals surface area (Å²) in [5.41, 5.74) is 11.7. The molecule has 0 saturated heterocycles. The summed E-state index contributed by atoms with van der Waals surface area (Å²) in [6.45, 7) is 2.02. The molecule has 48 heavy (non-hydrogen) atoms. The van der Waals surface area contributed by atoms with Crippen LogP contribution in [0.4, 0.5) is 0 Å². The highest BCUT2D eigenvalue weighted by atomic mass is 80.0. The zero-order chi connectivity index (χ0) is 33.7. The number of halogens is 5. The first-order valence-electron chi connectivity index (χ1n) is 13.7. The molecular formula is C34H39Br5N5O2PS. The van der Waals surface area contributed by atoms with Crippen molar-refractivity contribution < 1.29 is 10.2 Å². The molecule has 0 aliphatic carbocycles. The van der Waals surface area contributed by atoms with Gasteiger partial charge in [-0.2, -0.15) is 0 Å². The van der Waals surface area contributed by atoms with Crippen LogP contribution in [0.15, 0.2) is 110 Å². The Hall–Kier alpha value is -1.54. The summed E-state index contributed by atoms with van der Waals surface area (Å²) in [5.74, 6) is 0.736. The van der Waals surface area contributed by atoms with E-state index in [1.54, 1.807) is 19.3 Å². The van der Waals surface area contributed by atoms with Gasteiger partial charge in [-0.15, -0.1) is 17.0 Å². The first-order valence-corrected chi connectivity index (χ1v) is 23.2. The third kappa shape index (κ3) is 18.5. The minimum absolute atomic E-state index is 0. The number of pyridine rings is 3. The largest absolute Gasteiger partial charge is 0.397 e. The zero-order valence-corrected chi connectivity index (χ0v) is 35.1. The van der Waals surface area contributed by atoms with Crippen LogP contribution < -0.4 is 5.73 Å². The molecule has 258 valence electrons. The Morgan fingerprint density at radius 3 is 1.46 bits per heavy atom. The molecule has 3 aromatic heterocycles. The van der Waals surface area contributed by atoms with Gasteiger partial charge in [0.15, 0.2) is 5.17 Å². The molecule has 0 fully saturated rings. The molecule has 0 amide bonds. The fourth-order valence-electron chi connectivity index (χ4n) is 3.81. The molecule has 0 unspecified atom stereocenters. The Labute approximate surface area is 331 Å². The molecule has 0 aliphatic heterocycles. The van der Waals surface area contributed by atoms with Gasteiger partial charge in [-0.05, 0) is 125 Å². The lowest BCUT2D eigenvalue weighted by Crippen LogP contribution is -2.03. The smallest absolute Gasteiger partial charge is 0.151 e. The van der Waals surface area contributed by atoms with Crippen molar-refractivity contribution in [3.63, 3.8) is 0 Å². The van der Waals surface area contributed by atoms with Crippen molar-refractivity contribution in [2.75, 3.05) is 6.61 Å². The Morgan fingerprint density at radius 2 is 1.08 bits per heavy atom. The van der Waals surface area contributed by atoms with Gasteiger partial charge in [0, 0.05) is 52.4 Å². The van der Waals surface area contributed by atoms with E-state index < -0.39 is 0 Å². The maximum absolute atomic E-state index is 8.88. The molecule has 3 heterocycles. The van der Waals surface area contributed by atoms with Crippen molar-refractivity contribution in [3.8, 4) is 0 Å². The fraction of sp³-hybridized carbons (Fsp3) is 0.176. The number of rotatable bonds is 4. The van der Waals surface area contributed by atoms with Crippen LogP contribution in [0.2, 0.25) is 0 Å². The number of aliphatic hydroxyl groups excluding tert-OH is 2. The lowest BCUT2D eigenvalue weighted by molar-refractivity contribution is 0.282. The Bertz CT molecular complexity index is 1710. The maximum Gasteiger partial charge on any atom is 0.151 e. The van der Waals surface area contributed by atoms with Gasteiger partial charge in [-0.25, -0.2) is 0 Å². The van der Waals surface area contributed by atoms with Crippen LogP contribution in [-0.4, -0.2) is 36.9 Å². The number of hydrogen-bond donors (Lipinski definition) is 4. The monoisotopic (exact) mass is 1010 g/mol. The van der Waals surface area contributed by atoms with Crippen LogP contribution >= 0.6 is 95.2 Å². The number of alkyl halides is 1. The van der Waals surface area contributed by atoms with Crippen LogP contribution in [-0.2, 0) is 17.7 Å². The van der Waals surface area contributed by atoms with Gasteiger partial charge in [0.2, 0.25) is 0 Å². The van der Waals surface area contributed by atoms with E-state index in [-0.39, 0.29) is 46.8 Å². The predicted molar refractivity (Wildman–Crippen MR) is 231 cm³/mol. The topological polar surface area (TPSA) is 129 Å². The van der Waals surface area contributed by atoms with Gasteiger partial charge in [-0.3, -0.25) is 20.4 Å². The van der Waals surface area contributed by atoms with E-state index in [0.29, 0.717) is 0 Å². The number of amidine groups is 1. The number of nitrogens with two attached hydrogens (primary N) is 1. The number of thioether (sulfide) groups is 1. The highest BCUT2D eigenvalue weighted by Gasteiger charge is 1.99. The molecule has 7 nitrogen and oxygen atoms in total. The fourth-order valence-corrected chi connectivity index (χ4v) is 4.66. The van der Waals surface area contributed by atoms with Crippen LogP contribution in [0.5, 0.6) is 0 Å². The second-order valence-corrected chi connectivity index (χ2v) is 26.0. The van der Waals surface area contributed by atoms with E-state index in [4.69, 9.17) is 21.4 Å². The van der Waals surface area contributed by atoms with Gasteiger partial charge in [0.05, 0.1) is 23.2 Å². The molecule has 0 bridgehead atoms. The number of aromatic nitrogens is 3. The molecule has 6 aromatic rings. The number of nitrogens with zero attached hydrogens (tertiary/aromatic N) is 3. The molecule has 14 heteroatoms. The maximum atomic E-state index is 8.88. The average Bonchev–Trinajstić information content (AvgIpc) is 3.07. The number of hydrogen-bond acceptors (Lipinski definition) is 7. The van der Waals surface area contributed by atoms with Gasteiger partial charge in [0.1, 0.15) is 4.03 Å². The summed E-state index contributed by atoms with van der Waals surface area (Å²) in [7, 11) is 0. The van der Waals surface area contributed by atoms with E-state index in [9.17, 15) is 0 Å². The SMILES string of the molecule is Br.BrCc1ccc2ncccc2c1.BrP(Br)Br.C.CCO.N=C(N)SCc1ccc2ncccc2c1.OCc1ccc2ncccc2c1. The highest BCUT2D eigenvalue weighted by Crippen LogP contribution is 2.59. The number of nitrogens with one attached hydrogen (secondary N) is 1. The van der Waals surface area contributed by atoms with Crippen molar-refractivity contribution >= 4 is 133 Å². The lowest BCUT2D eigenvalue weighted by atomic mass is 10.1. The average molecular weight is 1010 g/mol. The van der Waals surface area contributed by atoms with E-state index in [1.165, 1.54) is 22.7 Å². The quantitative estimate of drug-likeness (QED) is 0.0599. The molecule has 0 saturated carbocycles. The second kappa shape index (κ2) is 27.2. The van der Waals surface area contributed by atoms with Crippen molar-refractivity contribution in [1.29, 1.82) is 5.41 Å². The third-order valence-electron chi connectivity index (χ3n) is 5.73. The van der Waals surface area contributed by atoms with E-state index in [0.717, 1.165) is 49.5 Å². The summed E-state index contributed by atoms with van der Waals surface area (Å²) in [5, 5.41) is 28.0. The first kappa shape index (κ1) is 46.5. The Balaban J connectivity index is 0.000000620. The number of fused-ring (bicyclic) bond motifs is 3. The van der Waals surface area contributed by atoms with E-state index in [1.807, 2.05) is 72.9 Å². The Morgan fingerprint density at radius 1 is 0.729 bits per heavy atom. The standard InChI is InChI=1S/C11H11N3S.C10H8BrN.C10H9NO.C2H6O.CH4.Br3P.BrH/c12-11(13)15-7-8-3-4-10-9(6-8)2-1-5-14-10;11-7-8-3-4-10-9(6-8)2-1-5-12-10;12-7-8-3-4-10-9(6-8)2-1-5-11-10;1-2-3;;1-4(2)3;/h1-6H,7H2,(H3,12,13);1-6H,7H2;1-6,12H,7H2;3H,2H2,1H3;1H4;;1H. The van der Waals surface area contributed by atoms with Crippen molar-refractivity contribution in [2.24, 2.45) is 5.73 Å². The first-order chi connectivity index (χ1) is 22.2. The normalized spacial score (nSPS) is 9.58. The van der Waals surface area contributed by atoms with Crippen LogP contribution in [0, 0.1) is 5.41 Å². The molecule has 6 rings (SSSR count). The van der Waals surface area contributed by atoms with Crippen LogP contribution in [0.25, 0.3) is 32.7 Å². The zero-order valence-electron chi connectivity index (χ0n) is 25.3. The van der Waals surface area contributed by atoms with Crippen LogP contribution in [0.1, 0.15) is 31.0 Å². The van der Waals surface area contributed by atoms with Crippen molar-refractivity contribution in [3.05, 3.63) is 126 Å². The molecule has 0 aliphatic rings. The third-order valence-corrected chi connectivity index (χ3v) is 7.17.